The predicted octanol–water partition coefficient (Wildman–Crippen LogP) is 4.32. The van der Waals surface area contributed by atoms with Gasteiger partial charge in [0.1, 0.15) is 17.5 Å². The molecule has 6 nitrogen and oxygen atoms in total. The maximum absolute atomic E-state index is 12.8. The standard InChI is InChI=1S/C23H28F2N2O4/c1-5-30-18-11-9-16(10-12-18)21(28)27-20(14(2)3)22(29)26-15(4)17-7-6-8-19(13-17)31-23(24)25/h6-15,20,23H,5H2,1-4H3,(H,26,29)(H,27,28). The molecular weight excluding hydrogens is 406 g/mol. The minimum atomic E-state index is -2.93. The Morgan fingerprint density at radius 1 is 0.968 bits per heavy atom. The van der Waals surface area contributed by atoms with Crippen molar-refractivity contribution < 1.29 is 27.8 Å². The summed E-state index contributed by atoms with van der Waals surface area (Å²) in [5.41, 5.74) is 1.01. The van der Waals surface area contributed by atoms with Crippen molar-refractivity contribution in [2.24, 2.45) is 5.92 Å². The van der Waals surface area contributed by atoms with Gasteiger partial charge in [0.15, 0.2) is 0 Å². The summed E-state index contributed by atoms with van der Waals surface area (Å²) in [5, 5.41) is 5.59. The Bertz CT molecular complexity index is 872. The average Bonchev–Trinajstić information content (AvgIpc) is 2.72. The lowest BCUT2D eigenvalue weighted by molar-refractivity contribution is -0.124. The third-order valence-corrected chi connectivity index (χ3v) is 4.61. The predicted molar refractivity (Wildman–Crippen MR) is 113 cm³/mol. The van der Waals surface area contributed by atoms with E-state index in [1.807, 2.05) is 20.8 Å². The number of benzene rings is 2. The summed E-state index contributed by atoms with van der Waals surface area (Å²) >= 11 is 0. The van der Waals surface area contributed by atoms with E-state index < -0.39 is 18.7 Å². The molecule has 31 heavy (non-hydrogen) atoms. The van der Waals surface area contributed by atoms with E-state index in [0.29, 0.717) is 23.5 Å². The number of carbonyl (C=O) groups is 2. The molecule has 2 unspecified atom stereocenters. The van der Waals surface area contributed by atoms with Crippen LogP contribution in [0.15, 0.2) is 48.5 Å². The van der Waals surface area contributed by atoms with Crippen molar-refractivity contribution in [1.29, 1.82) is 0 Å². The highest BCUT2D eigenvalue weighted by Crippen LogP contribution is 2.21. The van der Waals surface area contributed by atoms with Gasteiger partial charge in [-0.3, -0.25) is 9.59 Å². The number of nitrogens with one attached hydrogen (secondary N) is 2. The lowest BCUT2D eigenvalue weighted by Gasteiger charge is -2.24. The molecule has 0 saturated carbocycles. The van der Waals surface area contributed by atoms with Gasteiger partial charge in [0, 0.05) is 5.56 Å². The minimum absolute atomic E-state index is 0.0119. The first kappa shape index (κ1) is 24.1. The summed E-state index contributed by atoms with van der Waals surface area (Å²) in [7, 11) is 0. The van der Waals surface area contributed by atoms with Gasteiger partial charge in [-0.15, -0.1) is 0 Å². The Labute approximate surface area is 180 Å². The van der Waals surface area contributed by atoms with Gasteiger partial charge in [0.05, 0.1) is 12.6 Å². The third-order valence-electron chi connectivity index (χ3n) is 4.61. The van der Waals surface area contributed by atoms with Gasteiger partial charge < -0.3 is 20.1 Å². The zero-order valence-electron chi connectivity index (χ0n) is 18.0. The SMILES string of the molecule is CCOc1ccc(C(=O)NC(C(=O)NC(C)c2cccc(OC(F)F)c2)C(C)C)cc1. The topological polar surface area (TPSA) is 76.7 Å². The van der Waals surface area contributed by atoms with E-state index in [0.717, 1.165) is 0 Å². The zero-order chi connectivity index (χ0) is 23.0. The Morgan fingerprint density at radius 2 is 1.65 bits per heavy atom. The molecule has 2 aromatic carbocycles. The van der Waals surface area contributed by atoms with Gasteiger partial charge >= 0.3 is 6.61 Å². The molecule has 2 atom stereocenters. The summed E-state index contributed by atoms with van der Waals surface area (Å²) in [6.45, 7) is 4.84. The van der Waals surface area contributed by atoms with Crippen molar-refractivity contribution in [2.45, 2.75) is 46.4 Å². The fourth-order valence-corrected chi connectivity index (χ4v) is 2.98. The highest BCUT2D eigenvalue weighted by Gasteiger charge is 2.26. The van der Waals surface area contributed by atoms with Gasteiger partial charge in [-0.25, -0.2) is 0 Å². The zero-order valence-corrected chi connectivity index (χ0v) is 18.0. The average molecular weight is 434 g/mol. The molecule has 0 heterocycles. The Morgan fingerprint density at radius 3 is 2.23 bits per heavy atom. The van der Waals surface area contributed by atoms with Crippen LogP contribution in [0.2, 0.25) is 0 Å². The second-order valence-corrected chi connectivity index (χ2v) is 7.33. The van der Waals surface area contributed by atoms with Gasteiger partial charge in [0.2, 0.25) is 5.91 Å². The molecule has 0 aliphatic rings. The smallest absolute Gasteiger partial charge is 0.387 e. The van der Waals surface area contributed by atoms with Crippen molar-refractivity contribution >= 4 is 11.8 Å². The number of alkyl halides is 2. The Balaban J connectivity index is 2.05. The second kappa shape index (κ2) is 11.3. The van der Waals surface area contributed by atoms with E-state index in [4.69, 9.17) is 4.74 Å². The van der Waals surface area contributed by atoms with E-state index in [1.165, 1.54) is 12.1 Å². The van der Waals surface area contributed by atoms with Crippen LogP contribution in [0, 0.1) is 5.92 Å². The minimum Gasteiger partial charge on any atom is -0.494 e. The van der Waals surface area contributed by atoms with E-state index in [-0.39, 0.29) is 23.5 Å². The van der Waals surface area contributed by atoms with Crippen LogP contribution >= 0.6 is 0 Å². The van der Waals surface area contributed by atoms with E-state index >= 15 is 0 Å². The summed E-state index contributed by atoms with van der Waals surface area (Å²) in [6.07, 6.45) is 0. The maximum atomic E-state index is 12.8. The van der Waals surface area contributed by atoms with Crippen LogP contribution in [0.5, 0.6) is 11.5 Å². The maximum Gasteiger partial charge on any atom is 0.387 e. The summed E-state index contributed by atoms with van der Waals surface area (Å²) in [5.74, 6) is -0.256. The molecule has 0 bridgehead atoms. The molecule has 2 rings (SSSR count). The number of halogens is 2. The Kier molecular flexibility index (Phi) is 8.78. The molecule has 2 N–H and O–H groups in total. The van der Waals surface area contributed by atoms with Gasteiger partial charge in [-0.1, -0.05) is 26.0 Å². The summed E-state index contributed by atoms with van der Waals surface area (Å²) in [4.78, 5) is 25.5. The van der Waals surface area contributed by atoms with Crippen LogP contribution in [0.1, 0.15) is 49.7 Å². The summed E-state index contributed by atoms with van der Waals surface area (Å²) < 4.78 is 34.7. The van der Waals surface area contributed by atoms with E-state index in [9.17, 15) is 18.4 Å². The van der Waals surface area contributed by atoms with Gasteiger partial charge in [-0.05, 0) is 61.7 Å². The number of carbonyl (C=O) groups excluding carboxylic acids is 2. The van der Waals surface area contributed by atoms with Gasteiger partial charge in [0.25, 0.3) is 5.91 Å². The number of hydrogen-bond donors (Lipinski definition) is 2. The molecular formula is C23H28F2N2O4. The van der Waals surface area contributed by atoms with Crippen LogP contribution < -0.4 is 20.1 Å². The fourth-order valence-electron chi connectivity index (χ4n) is 2.98. The van der Waals surface area contributed by atoms with Gasteiger partial charge in [-0.2, -0.15) is 8.78 Å². The quantitative estimate of drug-likeness (QED) is 0.584. The van der Waals surface area contributed by atoms with Crippen molar-refractivity contribution in [3.63, 3.8) is 0 Å². The van der Waals surface area contributed by atoms with Crippen molar-refractivity contribution in [3.8, 4) is 11.5 Å². The molecule has 2 aromatic rings. The number of rotatable bonds is 10. The lowest BCUT2D eigenvalue weighted by atomic mass is 10.0. The Hall–Kier alpha value is -3.16. The highest BCUT2D eigenvalue weighted by molar-refractivity contribution is 5.97. The molecule has 0 aromatic heterocycles. The molecule has 0 spiro atoms. The molecule has 0 aliphatic heterocycles. The highest BCUT2D eigenvalue weighted by atomic mass is 19.3. The van der Waals surface area contributed by atoms with Crippen LogP contribution in [-0.4, -0.2) is 31.1 Å². The third kappa shape index (κ3) is 7.24. The second-order valence-electron chi connectivity index (χ2n) is 7.33. The van der Waals surface area contributed by atoms with Crippen LogP contribution in [0.25, 0.3) is 0 Å². The molecule has 0 fully saturated rings. The van der Waals surface area contributed by atoms with Crippen LogP contribution in [-0.2, 0) is 4.79 Å². The molecule has 168 valence electrons. The first-order valence-corrected chi connectivity index (χ1v) is 10.1. The monoisotopic (exact) mass is 434 g/mol. The lowest BCUT2D eigenvalue weighted by Crippen LogP contribution is -2.50. The van der Waals surface area contributed by atoms with E-state index in [2.05, 4.69) is 15.4 Å². The van der Waals surface area contributed by atoms with E-state index in [1.54, 1.807) is 43.3 Å². The molecule has 8 heteroatoms. The number of amides is 2. The first-order valence-electron chi connectivity index (χ1n) is 10.1. The number of hydrogen-bond acceptors (Lipinski definition) is 4. The molecule has 2 amide bonds. The van der Waals surface area contributed by atoms with Crippen LogP contribution in [0.3, 0.4) is 0 Å². The van der Waals surface area contributed by atoms with Crippen molar-refractivity contribution in [2.75, 3.05) is 6.61 Å². The van der Waals surface area contributed by atoms with Crippen molar-refractivity contribution in [3.05, 3.63) is 59.7 Å². The normalized spacial score (nSPS) is 12.9. The largest absolute Gasteiger partial charge is 0.494 e. The molecule has 0 aliphatic carbocycles. The van der Waals surface area contributed by atoms with Crippen LogP contribution in [0.4, 0.5) is 8.78 Å². The fraction of sp³-hybridized carbons (Fsp3) is 0.391. The molecule has 0 radical (unpaired) electrons. The number of ether oxygens (including phenoxy) is 2. The van der Waals surface area contributed by atoms with Crippen molar-refractivity contribution in [1.82, 2.24) is 10.6 Å². The molecule has 0 saturated heterocycles. The summed E-state index contributed by atoms with van der Waals surface area (Å²) in [6, 6.07) is 11.5. The first-order chi connectivity index (χ1) is 14.7.